The molecule has 0 amide bonds. The predicted molar refractivity (Wildman–Crippen MR) is 73.9 cm³/mol. The molecule has 0 bridgehead atoms. The highest BCUT2D eigenvalue weighted by Gasteiger charge is 2.36. The maximum Gasteiger partial charge on any atom is 0.416 e. The molecular weight excluding hydrogens is 366 g/mol. The van der Waals surface area contributed by atoms with Crippen molar-refractivity contribution in [3.05, 3.63) is 41.0 Å². The Labute approximate surface area is 136 Å². The number of oxime groups is 1. The van der Waals surface area contributed by atoms with Gasteiger partial charge in [-0.15, -0.1) is 11.6 Å². The number of nitrogens with two attached hydrogens (primary N) is 1. The molecule has 0 atom stereocenters. The van der Waals surface area contributed by atoms with Crippen LogP contribution in [0.5, 0.6) is 0 Å². The molecule has 0 unspecified atom stereocenters. The quantitative estimate of drug-likeness (QED) is 0.218. The van der Waals surface area contributed by atoms with E-state index < -0.39 is 46.7 Å². The zero-order chi connectivity index (χ0) is 18.5. The lowest BCUT2D eigenvalue weighted by molar-refractivity contribution is -0.143. The molecule has 0 radical (unpaired) electrons. The smallest absolute Gasteiger partial charge is 0.381 e. The summed E-state index contributed by atoms with van der Waals surface area (Å²) in [7, 11) is 0. The number of rotatable bonds is 4. The molecule has 1 aromatic carbocycles. The van der Waals surface area contributed by atoms with Crippen molar-refractivity contribution in [3.8, 4) is 0 Å². The fraction of sp³-hybridized carbons (Fsp3) is 0.231. The molecule has 0 aliphatic rings. The Bertz CT molecular complexity index is 635. The lowest BCUT2D eigenvalue weighted by Crippen LogP contribution is -2.12. The minimum absolute atomic E-state index is 0.00294. The van der Waals surface area contributed by atoms with Gasteiger partial charge in [-0.25, -0.2) is 4.79 Å². The van der Waals surface area contributed by atoms with Crippen LogP contribution in [0.2, 0.25) is 0 Å². The lowest BCUT2D eigenvalue weighted by atomic mass is 10.0. The molecule has 1 aromatic rings. The largest absolute Gasteiger partial charge is 0.416 e. The number of carbonyl (C=O) groups excluding carboxylic acids is 1. The van der Waals surface area contributed by atoms with Gasteiger partial charge in [-0.05, 0) is 29.8 Å². The van der Waals surface area contributed by atoms with E-state index in [0.717, 1.165) is 12.2 Å². The molecule has 0 aromatic heterocycles. The van der Waals surface area contributed by atoms with Gasteiger partial charge in [0.1, 0.15) is 5.88 Å². The van der Waals surface area contributed by atoms with Crippen molar-refractivity contribution in [2.75, 3.05) is 5.88 Å². The first-order valence-corrected chi connectivity index (χ1v) is 6.54. The van der Waals surface area contributed by atoms with Crippen molar-refractivity contribution < 1.29 is 36.0 Å². The number of halogens is 7. The number of carbonyl (C=O) groups is 1. The van der Waals surface area contributed by atoms with Crippen molar-refractivity contribution in [3.63, 3.8) is 0 Å². The minimum atomic E-state index is -4.96. The van der Waals surface area contributed by atoms with E-state index in [2.05, 4.69) is 9.99 Å². The first-order valence-electron chi connectivity index (χ1n) is 6.00. The van der Waals surface area contributed by atoms with E-state index in [1.807, 2.05) is 0 Å². The summed E-state index contributed by atoms with van der Waals surface area (Å²) in [6.45, 7) is 0. The number of nitrogens with zero attached hydrogens (tertiary/aromatic N) is 1. The molecule has 1 rings (SSSR count). The summed E-state index contributed by atoms with van der Waals surface area (Å²) >= 11 is 5.11. The Kier molecular flexibility index (Phi) is 6.24. The molecule has 11 heteroatoms. The summed E-state index contributed by atoms with van der Waals surface area (Å²) in [5.41, 5.74) is 1.91. The Hall–Kier alpha value is -2.23. The summed E-state index contributed by atoms with van der Waals surface area (Å²) < 4.78 is 76.0. The summed E-state index contributed by atoms with van der Waals surface area (Å²) in [5.74, 6) is -1.91. The van der Waals surface area contributed by atoms with E-state index in [4.69, 9.17) is 17.3 Å². The fourth-order valence-electron chi connectivity index (χ4n) is 1.42. The van der Waals surface area contributed by atoms with Crippen LogP contribution in [0, 0.1) is 0 Å². The van der Waals surface area contributed by atoms with Gasteiger partial charge in [-0.3, -0.25) is 0 Å². The van der Waals surface area contributed by atoms with E-state index >= 15 is 0 Å². The van der Waals surface area contributed by atoms with Crippen LogP contribution in [0.1, 0.15) is 16.7 Å². The predicted octanol–water partition coefficient (Wildman–Crippen LogP) is 3.79. The highest BCUT2D eigenvalue weighted by atomic mass is 35.5. The average Bonchev–Trinajstić information content (AvgIpc) is 2.48. The van der Waals surface area contributed by atoms with Crippen LogP contribution in [0.25, 0.3) is 6.08 Å². The van der Waals surface area contributed by atoms with Crippen LogP contribution in [0.4, 0.5) is 26.3 Å². The summed E-state index contributed by atoms with van der Waals surface area (Å²) in [5, 5.41) is 3.08. The van der Waals surface area contributed by atoms with Crippen molar-refractivity contribution >= 4 is 29.5 Å². The molecule has 132 valence electrons. The second kappa shape index (κ2) is 7.56. The second-order valence-corrected chi connectivity index (χ2v) is 4.55. The third kappa shape index (κ3) is 6.11. The van der Waals surface area contributed by atoms with Crippen molar-refractivity contribution in [1.29, 1.82) is 0 Å². The van der Waals surface area contributed by atoms with Gasteiger partial charge in [0.25, 0.3) is 0 Å². The molecule has 24 heavy (non-hydrogen) atoms. The van der Waals surface area contributed by atoms with Gasteiger partial charge in [0.15, 0.2) is 5.84 Å². The maximum atomic E-state index is 12.7. The SMILES string of the molecule is NC(/C=C/c1cc(C(F)(F)F)cc(C(F)(F)F)c1)=N/OC(=O)CCl. The van der Waals surface area contributed by atoms with Crippen molar-refractivity contribution in [1.82, 2.24) is 0 Å². The number of amidine groups is 1. The molecule has 0 saturated heterocycles. The zero-order valence-corrected chi connectivity index (χ0v) is 12.3. The second-order valence-electron chi connectivity index (χ2n) is 4.29. The number of hydrogen-bond donors (Lipinski definition) is 1. The van der Waals surface area contributed by atoms with Crippen LogP contribution in [-0.4, -0.2) is 17.7 Å². The first-order chi connectivity index (χ1) is 10.9. The molecule has 0 aliphatic heterocycles. The van der Waals surface area contributed by atoms with Gasteiger partial charge in [-0.1, -0.05) is 11.2 Å². The molecule has 0 fully saturated rings. The normalized spacial score (nSPS) is 13.4. The van der Waals surface area contributed by atoms with Gasteiger partial charge in [-0.2, -0.15) is 26.3 Å². The summed E-state index contributed by atoms with van der Waals surface area (Å²) in [4.78, 5) is 14.9. The molecule has 4 nitrogen and oxygen atoms in total. The van der Waals surface area contributed by atoms with Gasteiger partial charge < -0.3 is 10.6 Å². The lowest BCUT2D eigenvalue weighted by Gasteiger charge is -2.12. The number of alkyl halides is 7. The van der Waals surface area contributed by atoms with Crippen LogP contribution in [-0.2, 0) is 22.0 Å². The van der Waals surface area contributed by atoms with Gasteiger partial charge in [0.05, 0.1) is 11.1 Å². The van der Waals surface area contributed by atoms with E-state index in [1.54, 1.807) is 0 Å². The molecule has 2 N–H and O–H groups in total. The highest BCUT2D eigenvalue weighted by Crippen LogP contribution is 2.36. The topological polar surface area (TPSA) is 64.7 Å². The Morgan fingerprint density at radius 3 is 2.04 bits per heavy atom. The maximum absolute atomic E-state index is 12.7. The molecule has 0 heterocycles. The third-order valence-corrected chi connectivity index (χ3v) is 2.64. The fourth-order valence-corrected chi connectivity index (χ4v) is 1.46. The standard InChI is InChI=1S/C13H9ClF6N2O2/c14-6-11(23)24-22-10(21)2-1-7-3-8(12(15,16)17)5-9(4-7)13(18,19)20/h1-5H,6H2,(H2,21,22)/b2-1+. The average molecular weight is 375 g/mol. The monoisotopic (exact) mass is 374 g/mol. The van der Waals surface area contributed by atoms with E-state index in [0.29, 0.717) is 12.1 Å². The first kappa shape index (κ1) is 19.8. The number of hydrogen-bond acceptors (Lipinski definition) is 3. The van der Waals surface area contributed by atoms with E-state index in [9.17, 15) is 31.1 Å². The van der Waals surface area contributed by atoms with Crippen LogP contribution < -0.4 is 5.73 Å². The number of benzene rings is 1. The summed E-state index contributed by atoms with van der Waals surface area (Å²) in [6, 6.07) is 1.00. The Morgan fingerprint density at radius 1 is 1.12 bits per heavy atom. The van der Waals surface area contributed by atoms with Crippen molar-refractivity contribution in [2.45, 2.75) is 12.4 Å². The molecule has 0 saturated carbocycles. The van der Waals surface area contributed by atoms with Gasteiger partial charge in [0, 0.05) is 0 Å². The van der Waals surface area contributed by atoms with Crippen LogP contribution >= 0.6 is 11.6 Å². The van der Waals surface area contributed by atoms with Crippen molar-refractivity contribution in [2.24, 2.45) is 10.9 Å². The molecule has 0 aliphatic carbocycles. The summed E-state index contributed by atoms with van der Waals surface area (Å²) in [6.07, 6.45) is -8.19. The zero-order valence-electron chi connectivity index (χ0n) is 11.6. The van der Waals surface area contributed by atoms with Gasteiger partial charge in [0.2, 0.25) is 0 Å². The van der Waals surface area contributed by atoms with E-state index in [1.165, 1.54) is 0 Å². The molecule has 0 spiro atoms. The third-order valence-electron chi connectivity index (χ3n) is 2.42. The van der Waals surface area contributed by atoms with E-state index in [-0.39, 0.29) is 6.07 Å². The Balaban J connectivity index is 3.15. The Morgan fingerprint density at radius 2 is 1.62 bits per heavy atom. The van der Waals surface area contributed by atoms with Gasteiger partial charge >= 0.3 is 18.3 Å². The van der Waals surface area contributed by atoms with Crippen LogP contribution in [0.3, 0.4) is 0 Å². The molecular formula is C13H9ClF6N2O2. The highest BCUT2D eigenvalue weighted by molar-refractivity contribution is 6.26. The van der Waals surface area contributed by atoms with Crippen LogP contribution in [0.15, 0.2) is 29.4 Å². The minimum Gasteiger partial charge on any atom is -0.381 e.